The molecule has 0 bridgehead atoms. The summed E-state index contributed by atoms with van der Waals surface area (Å²) >= 11 is 0. The lowest BCUT2D eigenvalue weighted by atomic mass is 9.86. The average Bonchev–Trinajstić information content (AvgIpc) is 2.52. The Balaban J connectivity index is 2.19. The van der Waals surface area contributed by atoms with Gasteiger partial charge in [0.05, 0.1) is 11.6 Å². The van der Waals surface area contributed by atoms with Gasteiger partial charge < -0.3 is 9.74 Å². The van der Waals surface area contributed by atoms with Gasteiger partial charge in [-0.3, -0.25) is 0 Å². The van der Waals surface area contributed by atoms with Crippen molar-refractivity contribution in [1.82, 2.24) is 0 Å². The molecular weight excluding hydrogens is 312 g/mol. The van der Waals surface area contributed by atoms with Crippen LogP contribution in [0.2, 0.25) is 13.1 Å². The summed E-state index contributed by atoms with van der Waals surface area (Å²) in [5.74, 6) is 0.991. The van der Waals surface area contributed by atoms with Gasteiger partial charge in [-0.05, 0) is 54.4 Å². The number of hydrogen-bond donors (Lipinski definition) is 1. The van der Waals surface area contributed by atoms with Crippen molar-refractivity contribution in [1.29, 1.82) is 5.26 Å². The van der Waals surface area contributed by atoms with E-state index in [-0.39, 0.29) is 5.41 Å². The van der Waals surface area contributed by atoms with Gasteiger partial charge in [-0.1, -0.05) is 32.9 Å². The zero-order valence-corrected chi connectivity index (χ0v) is 16.3. The molecule has 0 aliphatic heterocycles. The van der Waals surface area contributed by atoms with Crippen LogP contribution in [0.15, 0.2) is 42.5 Å². The van der Waals surface area contributed by atoms with Crippen molar-refractivity contribution < 1.29 is 4.43 Å². The molecule has 24 heavy (non-hydrogen) atoms. The molecule has 0 saturated carbocycles. The van der Waals surface area contributed by atoms with Crippen LogP contribution in [0.3, 0.4) is 0 Å². The summed E-state index contributed by atoms with van der Waals surface area (Å²) in [6.07, 6.45) is 0. The molecule has 2 rings (SSSR count). The van der Waals surface area contributed by atoms with Crippen molar-refractivity contribution in [2.24, 2.45) is 0 Å². The minimum Gasteiger partial charge on any atom is -0.547 e. The second-order valence-electron chi connectivity index (χ2n) is 7.28. The van der Waals surface area contributed by atoms with Crippen LogP contribution in [-0.4, -0.2) is 9.04 Å². The average molecular weight is 339 g/mol. The molecule has 0 saturated heterocycles. The molecule has 0 aromatic heterocycles. The fraction of sp³-hybridized carbons (Fsp3) is 0.350. The third-order valence-corrected chi connectivity index (χ3v) is 4.52. The van der Waals surface area contributed by atoms with Gasteiger partial charge in [0.25, 0.3) is 0 Å². The maximum atomic E-state index is 8.87. The van der Waals surface area contributed by atoms with Crippen LogP contribution in [0.5, 0.6) is 5.75 Å². The summed E-state index contributed by atoms with van der Waals surface area (Å²) < 4.78 is 6.16. The Bertz CT molecular complexity index is 725. The number of nitrogens with zero attached hydrogens (tertiary/aromatic N) is 1. The van der Waals surface area contributed by atoms with Crippen molar-refractivity contribution in [2.75, 3.05) is 5.32 Å². The van der Waals surface area contributed by atoms with E-state index in [4.69, 9.17) is 9.69 Å². The zero-order valence-electron chi connectivity index (χ0n) is 15.2. The second-order valence-corrected chi connectivity index (χ2v) is 9.62. The van der Waals surface area contributed by atoms with Crippen LogP contribution in [-0.2, 0) is 12.0 Å². The first kappa shape index (κ1) is 18.1. The second kappa shape index (κ2) is 7.54. The van der Waals surface area contributed by atoms with E-state index in [0.717, 1.165) is 17.0 Å². The van der Waals surface area contributed by atoms with Gasteiger partial charge in [0.15, 0.2) is 0 Å². The lowest BCUT2D eigenvalue weighted by Crippen LogP contribution is -2.16. The van der Waals surface area contributed by atoms with E-state index in [2.05, 4.69) is 63.5 Å². The highest BCUT2D eigenvalue weighted by Crippen LogP contribution is 2.29. The summed E-state index contributed by atoms with van der Waals surface area (Å²) in [7, 11) is -1.17. The van der Waals surface area contributed by atoms with Gasteiger partial charge in [0.2, 0.25) is 9.04 Å². The Kier molecular flexibility index (Phi) is 5.69. The first-order valence-electron chi connectivity index (χ1n) is 8.33. The van der Waals surface area contributed by atoms with Crippen LogP contribution in [0.25, 0.3) is 0 Å². The molecule has 126 valence electrons. The highest BCUT2D eigenvalue weighted by atomic mass is 28.3. The molecule has 0 aliphatic rings. The summed E-state index contributed by atoms with van der Waals surface area (Å²) in [6, 6.07) is 16.2. The molecule has 0 unspecified atom stereocenters. The van der Waals surface area contributed by atoms with E-state index >= 15 is 0 Å². The van der Waals surface area contributed by atoms with Gasteiger partial charge in [-0.25, -0.2) is 0 Å². The molecule has 2 aromatic carbocycles. The van der Waals surface area contributed by atoms with Crippen LogP contribution in [0, 0.1) is 11.3 Å². The summed E-state index contributed by atoms with van der Waals surface area (Å²) in [6.45, 7) is 11.7. The Morgan fingerprint density at radius 3 is 2.29 bits per heavy atom. The Morgan fingerprint density at radius 2 is 1.75 bits per heavy atom. The molecule has 0 amide bonds. The summed E-state index contributed by atoms with van der Waals surface area (Å²) in [5.41, 5.74) is 4.23. The van der Waals surface area contributed by atoms with E-state index in [0.29, 0.717) is 12.1 Å². The number of rotatable bonds is 5. The third-order valence-electron chi connectivity index (χ3n) is 3.79. The number of nitrogens with one attached hydrogen (secondary N) is 1. The SMILES string of the molecule is C[SiH](C)Oc1cc(C(C)(C)C)ccc1CNc1ccc(C#N)cc1. The summed E-state index contributed by atoms with van der Waals surface area (Å²) in [5, 5.41) is 12.3. The van der Waals surface area contributed by atoms with Crippen molar-refractivity contribution >= 4 is 14.7 Å². The number of hydrogen-bond acceptors (Lipinski definition) is 3. The van der Waals surface area contributed by atoms with E-state index in [1.807, 2.05) is 24.3 Å². The maximum Gasteiger partial charge on any atom is 0.229 e. The Morgan fingerprint density at radius 1 is 1.08 bits per heavy atom. The number of benzene rings is 2. The molecular formula is C20H26N2OSi. The molecule has 0 spiro atoms. The predicted molar refractivity (Wildman–Crippen MR) is 103 cm³/mol. The van der Waals surface area contributed by atoms with Crippen molar-refractivity contribution in [3.05, 3.63) is 59.2 Å². The molecule has 0 fully saturated rings. The lowest BCUT2D eigenvalue weighted by molar-refractivity contribution is 0.554. The minimum atomic E-state index is -1.17. The lowest BCUT2D eigenvalue weighted by Gasteiger charge is -2.23. The van der Waals surface area contributed by atoms with Crippen LogP contribution < -0.4 is 9.74 Å². The fourth-order valence-corrected chi connectivity index (χ4v) is 3.12. The van der Waals surface area contributed by atoms with Crippen molar-refractivity contribution in [3.8, 4) is 11.8 Å². The van der Waals surface area contributed by atoms with Gasteiger partial charge in [-0.15, -0.1) is 0 Å². The van der Waals surface area contributed by atoms with Gasteiger partial charge in [0.1, 0.15) is 5.75 Å². The van der Waals surface area contributed by atoms with Gasteiger partial charge >= 0.3 is 0 Å². The van der Waals surface area contributed by atoms with Crippen LogP contribution in [0.1, 0.15) is 37.5 Å². The number of nitriles is 1. The monoisotopic (exact) mass is 338 g/mol. The predicted octanol–water partition coefficient (Wildman–Crippen LogP) is 4.83. The quantitative estimate of drug-likeness (QED) is 0.794. The van der Waals surface area contributed by atoms with Gasteiger partial charge in [-0.2, -0.15) is 5.26 Å². The zero-order chi connectivity index (χ0) is 17.7. The highest BCUT2D eigenvalue weighted by molar-refractivity contribution is 6.49. The van der Waals surface area contributed by atoms with Crippen molar-refractivity contribution in [2.45, 2.75) is 45.8 Å². The normalized spacial score (nSPS) is 11.2. The van der Waals surface area contributed by atoms with E-state index in [1.165, 1.54) is 5.56 Å². The van der Waals surface area contributed by atoms with Crippen molar-refractivity contribution in [3.63, 3.8) is 0 Å². The smallest absolute Gasteiger partial charge is 0.229 e. The van der Waals surface area contributed by atoms with E-state index < -0.39 is 9.04 Å². The first-order valence-corrected chi connectivity index (χ1v) is 11.1. The molecule has 0 heterocycles. The van der Waals surface area contributed by atoms with Gasteiger partial charge in [0, 0.05) is 17.8 Å². The van der Waals surface area contributed by atoms with Crippen LogP contribution in [0.4, 0.5) is 5.69 Å². The van der Waals surface area contributed by atoms with E-state index in [1.54, 1.807) is 0 Å². The molecule has 2 aromatic rings. The maximum absolute atomic E-state index is 8.87. The highest BCUT2D eigenvalue weighted by Gasteiger charge is 2.16. The Labute approximate surface area is 147 Å². The molecule has 3 nitrogen and oxygen atoms in total. The molecule has 4 heteroatoms. The van der Waals surface area contributed by atoms with Crippen LogP contribution >= 0.6 is 0 Å². The molecule has 0 radical (unpaired) electrons. The number of anilines is 1. The summed E-state index contributed by atoms with van der Waals surface area (Å²) in [4.78, 5) is 0. The third kappa shape index (κ3) is 4.87. The minimum absolute atomic E-state index is 0.107. The first-order chi connectivity index (χ1) is 11.3. The molecule has 0 atom stereocenters. The molecule has 0 aliphatic carbocycles. The largest absolute Gasteiger partial charge is 0.547 e. The standard InChI is InChI=1S/C20H26N2OSi/c1-20(2,3)17-9-8-16(19(12-17)23-24(4)5)14-22-18-10-6-15(13-21)7-11-18/h6-12,22,24H,14H2,1-5H3. The van der Waals surface area contributed by atoms with E-state index in [9.17, 15) is 0 Å². The fourth-order valence-electron chi connectivity index (χ4n) is 2.39. The Hall–Kier alpha value is -2.25. The topological polar surface area (TPSA) is 45.0 Å². The molecule has 1 N–H and O–H groups in total.